The van der Waals surface area contributed by atoms with E-state index in [1.165, 1.54) is 22.4 Å². The summed E-state index contributed by atoms with van der Waals surface area (Å²) in [6, 6.07) is 12.8. The van der Waals surface area contributed by atoms with Crippen LogP contribution in [0, 0.1) is 5.92 Å². The molecule has 1 fully saturated rings. The molecule has 4 nitrogen and oxygen atoms in total. The molecule has 1 saturated heterocycles. The Kier molecular flexibility index (Phi) is 6.65. The summed E-state index contributed by atoms with van der Waals surface area (Å²) < 4.78 is 0. The zero-order valence-corrected chi connectivity index (χ0v) is 17.8. The van der Waals surface area contributed by atoms with Crippen molar-refractivity contribution >= 4 is 23.2 Å². The predicted molar refractivity (Wildman–Crippen MR) is 117 cm³/mol. The second-order valence-corrected chi connectivity index (χ2v) is 9.28. The highest BCUT2D eigenvalue weighted by molar-refractivity contribution is 7.10. The van der Waals surface area contributed by atoms with Gasteiger partial charge < -0.3 is 9.80 Å². The summed E-state index contributed by atoms with van der Waals surface area (Å²) in [5.41, 5.74) is 2.68. The fourth-order valence-corrected chi connectivity index (χ4v) is 5.37. The highest BCUT2D eigenvalue weighted by Gasteiger charge is 2.25. The summed E-state index contributed by atoms with van der Waals surface area (Å²) >= 11 is 1.78. The number of likely N-dealkylation sites (tertiary alicyclic amines) is 1. The van der Waals surface area contributed by atoms with Gasteiger partial charge in [0.1, 0.15) is 0 Å². The van der Waals surface area contributed by atoms with E-state index in [1.54, 1.807) is 11.3 Å². The van der Waals surface area contributed by atoms with Crippen LogP contribution in [0.2, 0.25) is 0 Å². The third-order valence-electron chi connectivity index (χ3n) is 6.36. The molecule has 154 valence electrons. The van der Waals surface area contributed by atoms with Crippen LogP contribution in [0.5, 0.6) is 0 Å². The van der Waals surface area contributed by atoms with E-state index in [4.69, 9.17) is 0 Å². The number of benzene rings is 1. The van der Waals surface area contributed by atoms with Crippen molar-refractivity contribution in [3.63, 3.8) is 0 Å². The molecule has 2 aliphatic heterocycles. The van der Waals surface area contributed by atoms with Gasteiger partial charge in [0, 0.05) is 43.9 Å². The minimum atomic E-state index is 0.118. The summed E-state index contributed by atoms with van der Waals surface area (Å²) in [6.45, 7) is 3.18. The number of amides is 2. The molecule has 0 N–H and O–H groups in total. The first-order valence-electron chi connectivity index (χ1n) is 10.8. The average Bonchev–Trinajstić information content (AvgIpc) is 3.25. The summed E-state index contributed by atoms with van der Waals surface area (Å²) in [4.78, 5) is 30.4. The molecule has 2 amide bonds. The Morgan fingerprint density at radius 2 is 1.66 bits per heavy atom. The van der Waals surface area contributed by atoms with Crippen molar-refractivity contribution in [2.24, 2.45) is 5.92 Å². The van der Waals surface area contributed by atoms with Gasteiger partial charge in [-0.25, -0.2) is 0 Å². The van der Waals surface area contributed by atoms with Gasteiger partial charge in [-0.05, 0) is 60.6 Å². The number of hydrogen-bond acceptors (Lipinski definition) is 3. The largest absolute Gasteiger partial charge is 0.343 e. The van der Waals surface area contributed by atoms with Crippen molar-refractivity contribution in [3.05, 3.63) is 57.8 Å². The van der Waals surface area contributed by atoms with Gasteiger partial charge in [-0.3, -0.25) is 9.59 Å². The van der Waals surface area contributed by atoms with Gasteiger partial charge in [-0.1, -0.05) is 30.3 Å². The summed E-state index contributed by atoms with van der Waals surface area (Å²) in [5.74, 6) is 0.968. The summed E-state index contributed by atoms with van der Waals surface area (Å²) in [6.07, 6.45) is 6.12. The van der Waals surface area contributed by atoms with E-state index in [-0.39, 0.29) is 11.8 Å². The molecule has 1 aromatic heterocycles. The molecule has 0 spiro atoms. The molecule has 0 bridgehead atoms. The molecular weight excluding hydrogens is 380 g/mol. The van der Waals surface area contributed by atoms with Gasteiger partial charge in [0.25, 0.3) is 0 Å². The zero-order chi connectivity index (χ0) is 20.1. The first-order chi connectivity index (χ1) is 14.2. The van der Waals surface area contributed by atoms with Crippen molar-refractivity contribution in [2.75, 3.05) is 19.6 Å². The van der Waals surface area contributed by atoms with E-state index in [0.717, 1.165) is 45.3 Å². The number of thiophene rings is 1. The van der Waals surface area contributed by atoms with Crippen LogP contribution in [0.25, 0.3) is 0 Å². The Bertz CT molecular complexity index is 824. The van der Waals surface area contributed by atoms with Crippen molar-refractivity contribution in [1.82, 2.24) is 9.80 Å². The molecule has 0 unspecified atom stereocenters. The van der Waals surface area contributed by atoms with Gasteiger partial charge in [0.15, 0.2) is 0 Å². The Morgan fingerprint density at radius 1 is 0.931 bits per heavy atom. The number of aryl methyl sites for hydroxylation is 1. The number of rotatable bonds is 6. The molecule has 3 heterocycles. The van der Waals surface area contributed by atoms with Crippen LogP contribution >= 0.6 is 11.3 Å². The summed E-state index contributed by atoms with van der Waals surface area (Å²) in [7, 11) is 0. The van der Waals surface area contributed by atoms with Crippen molar-refractivity contribution in [1.29, 1.82) is 0 Å². The zero-order valence-electron chi connectivity index (χ0n) is 17.0. The molecule has 5 heteroatoms. The van der Waals surface area contributed by atoms with E-state index >= 15 is 0 Å². The minimum Gasteiger partial charge on any atom is -0.343 e. The molecule has 0 saturated carbocycles. The third-order valence-corrected chi connectivity index (χ3v) is 7.39. The van der Waals surface area contributed by atoms with Gasteiger partial charge in [0.05, 0.1) is 0 Å². The summed E-state index contributed by atoms with van der Waals surface area (Å²) in [5, 5.41) is 2.10. The standard InChI is InChI=1S/C24H30N2O2S/c27-23(8-9-24(28)26-16-12-22-21(18-26)13-17-29-22)25-14-10-20(11-15-25)7-6-19-4-2-1-3-5-19/h1-5,13,17,20H,6-12,14-16,18H2. The van der Waals surface area contributed by atoms with Crippen LogP contribution in [-0.4, -0.2) is 41.2 Å². The Labute approximate surface area is 177 Å². The molecule has 4 rings (SSSR count). The van der Waals surface area contributed by atoms with Gasteiger partial charge in [-0.15, -0.1) is 11.3 Å². The van der Waals surface area contributed by atoms with Crippen LogP contribution in [-0.2, 0) is 29.0 Å². The number of hydrogen-bond donors (Lipinski definition) is 0. The lowest BCUT2D eigenvalue weighted by Gasteiger charge is -2.32. The quantitative estimate of drug-likeness (QED) is 0.713. The van der Waals surface area contributed by atoms with Crippen LogP contribution < -0.4 is 0 Å². The first-order valence-corrected chi connectivity index (χ1v) is 11.7. The lowest BCUT2D eigenvalue weighted by atomic mass is 9.90. The first kappa shape index (κ1) is 20.1. The normalized spacial score (nSPS) is 17.2. The van der Waals surface area contributed by atoms with Crippen molar-refractivity contribution in [2.45, 2.75) is 51.5 Å². The molecule has 29 heavy (non-hydrogen) atoms. The lowest BCUT2D eigenvalue weighted by Crippen LogP contribution is -2.40. The highest BCUT2D eigenvalue weighted by Crippen LogP contribution is 2.25. The third kappa shape index (κ3) is 5.27. The fraction of sp³-hybridized carbons (Fsp3) is 0.500. The molecule has 0 aliphatic carbocycles. The fourth-order valence-electron chi connectivity index (χ4n) is 4.48. The van der Waals surface area contributed by atoms with Crippen LogP contribution in [0.15, 0.2) is 41.8 Å². The Hall–Kier alpha value is -2.14. The number of fused-ring (bicyclic) bond motifs is 1. The minimum absolute atomic E-state index is 0.118. The highest BCUT2D eigenvalue weighted by atomic mass is 32.1. The van der Waals surface area contributed by atoms with E-state index < -0.39 is 0 Å². The number of piperidine rings is 1. The second kappa shape index (κ2) is 9.57. The van der Waals surface area contributed by atoms with Crippen molar-refractivity contribution in [3.8, 4) is 0 Å². The van der Waals surface area contributed by atoms with E-state index in [1.807, 2.05) is 9.80 Å². The maximum atomic E-state index is 12.6. The molecule has 1 aromatic carbocycles. The number of carbonyl (C=O) groups is 2. The Balaban J connectivity index is 1.16. The smallest absolute Gasteiger partial charge is 0.223 e. The maximum Gasteiger partial charge on any atom is 0.223 e. The molecular formula is C24H30N2O2S. The number of carbonyl (C=O) groups excluding carboxylic acids is 2. The van der Waals surface area contributed by atoms with Crippen LogP contribution in [0.3, 0.4) is 0 Å². The van der Waals surface area contributed by atoms with Crippen molar-refractivity contribution < 1.29 is 9.59 Å². The molecule has 2 aliphatic rings. The monoisotopic (exact) mass is 410 g/mol. The molecule has 0 radical (unpaired) electrons. The van der Waals surface area contributed by atoms with E-state index in [2.05, 4.69) is 41.8 Å². The topological polar surface area (TPSA) is 40.6 Å². The van der Waals surface area contributed by atoms with Gasteiger partial charge in [-0.2, -0.15) is 0 Å². The van der Waals surface area contributed by atoms with E-state index in [9.17, 15) is 9.59 Å². The van der Waals surface area contributed by atoms with Gasteiger partial charge >= 0.3 is 0 Å². The average molecular weight is 411 g/mol. The van der Waals surface area contributed by atoms with Crippen LogP contribution in [0.1, 0.15) is 48.1 Å². The SMILES string of the molecule is O=C(CCC(=O)N1CCc2sccc2C1)N1CCC(CCc2ccccc2)CC1. The second-order valence-electron chi connectivity index (χ2n) is 8.28. The lowest BCUT2D eigenvalue weighted by molar-refractivity contribution is -0.138. The van der Waals surface area contributed by atoms with Gasteiger partial charge in [0.2, 0.25) is 11.8 Å². The molecule has 0 atom stereocenters. The maximum absolute atomic E-state index is 12.6. The van der Waals surface area contributed by atoms with Crippen LogP contribution in [0.4, 0.5) is 0 Å². The molecule has 2 aromatic rings. The Morgan fingerprint density at radius 3 is 2.41 bits per heavy atom. The number of nitrogens with zero attached hydrogens (tertiary/aromatic N) is 2. The van der Waals surface area contributed by atoms with E-state index in [0.29, 0.717) is 25.3 Å². The predicted octanol–water partition coefficient (Wildman–Crippen LogP) is 4.28.